The van der Waals surface area contributed by atoms with Crippen molar-refractivity contribution in [3.8, 4) is 0 Å². The van der Waals surface area contributed by atoms with Gasteiger partial charge in [-0.05, 0) is 31.7 Å². The molecule has 1 saturated heterocycles. The van der Waals surface area contributed by atoms with Crippen LogP contribution >= 0.6 is 0 Å². The minimum absolute atomic E-state index is 0.00490. The van der Waals surface area contributed by atoms with E-state index in [0.29, 0.717) is 18.9 Å². The number of hydrogen-bond acceptors (Lipinski definition) is 5. The van der Waals surface area contributed by atoms with Gasteiger partial charge in [0.25, 0.3) is 5.69 Å². The second-order valence-electron chi connectivity index (χ2n) is 5.79. The third-order valence-corrected chi connectivity index (χ3v) is 6.33. The van der Waals surface area contributed by atoms with Crippen LogP contribution in [-0.4, -0.2) is 36.8 Å². The van der Waals surface area contributed by atoms with E-state index < -0.39 is 14.9 Å². The molecule has 0 bridgehead atoms. The summed E-state index contributed by atoms with van der Waals surface area (Å²) in [6.45, 7) is 4.19. The molecule has 0 radical (unpaired) electrons. The number of hydrogen-bond donors (Lipinski definition) is 1. The van der Waals surface area contributed by atoms with Crippen LogP contribution in [0, 0.1) is 23.0 Å². The zero-order valence-electron chi connectivity index (χ0n) is 12.7. The zero-order valence-corrected chi connectivity index (χ0v) is 13.5. The van der Waals surface area contributed by atoms with Gasteiger partial charge in [0.15, 0.2) is 0 Å². The Kier molecular flexibility index (Phi) is 4.84. The molecule has 1 heterocycles. The predicted molar refractivity (Wildman–Crippen MR) is 83.0 cm³/mol. The molecule has 2 unspecified atom stereocenters. The van der Waals surface area contributed by atoms with Crippen LogP contribution < -0.4 is 5.73 Å². The molecule has 1 fully saturated rings. The Hall–Kier alpha value is -1.51. The monoisotopic (exact) mass is 327 g/mol. The first-order valence-corrected chi connectivity index (χ1v) is 8.69. The number of nitrogens with zero attached hydrogens (tertiary/aromatic N) is 2. The lowest BCUT2D eigenvalue weighted by Crippen LogP contribution is -2.49. The van der Waals surface area contributed by atoms with Crippen LogP contribution in [0.25, 0.3) is 0 Å². The fourth-order valence-corrected chi connectivity index (χ4v) is 4.87. The van der Waals surface area contributed by atoms with Crippen LogP contribution in [0.1, 0.15) is 25.3 Å². The highest BCUT2D eigenvalue weighted by molar-refractivity contribution is 7.89. The number of sulfonamides is 1. The second-order valence-corrected chi connectivity index (χ2v) is 7.65. The predicted octanol–water partition coefficient (Wildman–Crippen LogP) is 1.65. The summed E-state index contributed by atoms with van der Waals surface area (Å²) in [7, 11) is -3.78. The van der Waals surface area contributed by atoms with Crippen LogP contribution in [-0.2, 0) is 10.0 Å². The molecule has 8 heteroatoms. The minimum Gasteiger partial charge on any atom is -0.329 e. The van der Waals surface area contributed by atoms with Gasteiger partial charge in [-0.3, -0.25) is 10.1 Å². The van der Waals surface area contributed by atoms with Gasteiger partial charge in [0.2, 0.25) is 10.0 Å². The molecule has 2 N–H and O–H groups in total. The quantitative estimate of drug-likeness (QED) is 0.668. The lowest BCUT2D eigenvalue weighted by Gasteiger charge is -2.37. The highest BCUT2D eigenvalue weighted by atomic mass is 32.2. The molecule has 122 valence electrons. The average molecular weight is 327 g/mol. The summed E-state index contributed by atoms with van der Waals surface area (Å²) >= 11 is 0. The van der Waals surface area contributed by atoms with Gasteiger partial charge in [-0.15, -0.1) is 0 Å². The van der Waals surface area contributed by atoms with Crippen LogP contribution in [0.5, 0.6) is 0 Å². The van der Waals surface area contributed by atoms with Crippen LogP contribution in [0.2, 0.25) is 0 Å². The third-order valence-electron chi connectivity index (χ3n) is 4.23. The zero-order chi connectivity index (χ0) is 16.5. The van der Waals surface area contributed by atoms with Gasteiger partial charge < -0.3 is 5.73 Å². The third kappa shape index (κ3) is 2.99. The summed E-state index contributed by atoms with van der Waals surface area (Å²) in [5.41, 5.74) is 5.72. The molecular weight excluding hydrogens is 306 g/mol. The van der Waals surface area contributed by atoms with E-state index in [4.69, 9.17) is 5.73 Å². The van der Waals surface area contributed by atoms with Crippen molar-refractivity contribution < 1.29 is 13.3 Å². The van der Waals surface area contributed by atoms with E-state index in [0.717, 1.165) is 6.42 Å². The fourth-order valence-electron chi connectivity index (χ4n) is 2.97. The molecule has 0 saturated carbocycles. The molecule has 0 spiro atoms. The Bertz CT molecular complexity index is 675. The number of piperidine rings is 1. The van der Waals surface area contributed by atoms with Gasteiger partial charge in [0.05, 0.1) is 9.82 Å². The molecule has 0 aromatic heterocycles. The molecule has 7 nitrogen and oxygen atoms in total. The minimum atomic E-state index is -3.78. The van der Waals surface area contributed by atoms with E-state index in [1.807, 2.05) is 0 Å². The Morgan fingerprint density at radius 2 is 2.14 bits per heavy atom. The second kappa shape index (κ2) is 6.31. The molecule has 1 aliphatic rings. The molecule has 2 rings (SSSR count). The van der Waals surface area contributed by atoms with Crippen LogP contribution in [0.15, 0.2) is 23.1 Å². The van der Waals surface area contributed by atoms with E-state index in [2.05, 4.69) is 6.92 Å². The number of nitro benzene ring substituents is 1. The number of rotatable bonds is 4. The standard InChI is InChI=1S/C14H21N3O4S/c1-10-6-7-16(12(8-10)9-15)22(20,21)14-5-3-4-13(11(14)2)17(18)19/h3-5,10,12H,6-9,15H2,1-2H3. The van der Waals surface area contributed by atoms with Crippen molar-refractivity contribution in [3.05, 3.63) is 33.9 Å². The van der Waals surface area contributed by atoms with Gasteiger partial charge in [0, 0.05) is 30.8 Å². The van der Waals surface area contributed by atoms with E-state index in [1.165, 1.54) is 29.4 Å². The molecule has 0 amide bonds. The highest BCUT2D eigenvalue weighted by Gasteiger charge is 2.36. The molecule has 22 heavy (non-hydrogen) atoms. The summed E-state index contributed by atoms with van der Waals surface area (Å²) in [5.74, 6) is 0.422. The van der Waals surface area contributed by atoms with Crippen molar-refractivity contribution in [2.24, 2.45) is 11.7 Å². The maximum Gasteiger partial charge on any atom is 0.273 e. The normalized spacial score (nSPS) is 23.4. The largest absolute Gasteiger partial charge is 0.329 e. The maximum atomic E-state index is 12.9. The summed E-state index contributed by atoms with van der Waals surface area (Å²) < 4.78 is 27.2. The highest BCUT2D eigenvalue weighted by Crippen LogP contribution is 2.31. The lowest BCUT2D eigenvalue weighted by atomic mass is 9.94. The van der Waals surface area contributed by atoms with E-state index in [-0.39, 0.29) is 28.7 Å². The van der Waals surface area contributed by atoms with Gasteiger partial charge in [-0.25, -0.2) is 8.42 Å². The first kappa shape index (κ1) is 16.9. The smallest absolute Gasteiger partial charge is 0.273 e. The molecular formula is C14H21N3O4S. The van der Waals surface area contributed by atoms with Gasteiger partial charge in [0.1, 0.15) is 0 Å². The number of nitro groups is 1. The Labute approximate surface area is 130 Å². The maximum absolute atomic E-state index is 12.9. The van der Waals surface area contributed by atoms with Crippen molar-refractivity contribution in [1.29, 1.82) is 0 Å². The van der Waals surface area contributed by atoms with Crippen molar-refractivity contribution in [2.45, 2.75) is 37.6 Å². The Balaban J connectivity index is 2.46. The van der Waals surface area contributed by atoms with Crippen LogP contribution in [0.3, 0.4) is 0 Å². The van der Waals surface area contributed by atoms with Crippen molar-refractivity contribution >= 4 is 15.7 Å². The van der Waals surface area contributed by atoms with Crippen molar-refractivity contribution in [1.82, 2.24) is 4.31 Å². The fraction of sp³-hybridized carbons (Fsp3) is 0.571. The first-order valence-electron chi connectivity index (χ1n) is 7.25. The van der Waals surface area contributed by atoms with E-state index in [9.17, 15) is 18.5 Å². The van der Waals surface area contributed by atoms with Gasteiger partial charge in [-0.2, -0.15) is 4.31 Å². The molecule has 0 aliphatic carbocycles. The molecule has 1 aromatic rings. The summed E-state index contributed by atoms with van der Waals surface area (Å²) in [6.07, 6.45) is 1.48. The SMILES string of the molecule is Cc1c([N+](=O)[O-])cccc1S(=O)(=O)N1CCC(C)CC1CN. The Morgan fingerprint density at radius 1 is 1.45 bits per heavy atom. The number of benzene rings is 1. The summed E-state index contributed by atoms with van der Waals surface area (Å²) in [4.78, 5) is 10.5. The number of nitrogens with two attached hydrogens (primary N) is 1. The summed E-state index contributed by atoms with van der Waals surface area (Å²) in [5, 5.41) is 11.0. The van der Waals surface area contributed by atoms with Crippen molar-refractivity contribution in [3.63, 3.8) is 0 Å². The van der Waals surface area contributed by atoms with E-state index in [1.54, 1.807) is 0 Å². The average Bonchev–Trinajstić information content (AvgIpc) is 2.46. The lowest BCUT2D eigenvalue weighted by molar-refractivity contribution is -0.385. The van der Waals surface area contributed by atoms with Crippen LogP contribution in [0.4, 0.5) is 5.69 Å². The first-order chi connectivity index (χ1) is 10.3. The van der Waals surface area contributed by atoms with Crippen molar-refractivity contribution in [2.75, 3.05) is 13.1 Å². The molecule has 1 aromatic carbocycles. The summed E-state index contributed by atoms with van der Waals surface area (Å²) in [6, 6.07) is 3.88. The van der Waals surface area contributed by atoms with Gasteiger partial charge >= 0.3 is 0 Å². The topological polar surface area (TPSA) is 107 Å². The van der Waals surface area contributed by atoms with Gasteiger partial charge in [-0.1, -0.05) is 13.0 Å². The Morgan fingerprint density at radius 3 is 2.73 bits per heavy atom. The molecule has 1 aliphatic heterocycles. The van der Waals surface area contributed by atoms with E-state index >= 15 is 0 Å². The molecule has 2 atom stereocenters.